The van der Waals surface area contributed by atoms with E-state index >= 15 is 0 Å². The molecule has 0 spiro atoms. The molecule has 0 unspecified atom stereocenters. The van der Waals surface area contributed by atoms with Crippen LogP contribution in [0.5, 0.6) is 5.75 Å². The molecule has 1 amide bonds. The molecule has 1 aromatic rings. The van der Waals surface area contributed by atoms with Gasteiger partial charge >= 0.3 is 0 Å². The third kappa shape index (κ3) is 5.33. The zero-order chi connectivity index (χ0) is 14.1. The van der Waals surface area contributed by atoms with Gasteiger partial charge in [-0.3, -0.25) is 4.79 Å². The molecule has 0 atom stereocenters. The van der Waals surface area contributed by atoms with Crippen molar-refractivity contribution in [2.24, 2.45) is 0 Å². The third-order valence-electron chi connectivity index (χ3n) is 2.96. The Morgan fingerprint density at radius 1 is 1.11 bits per heavy atom. The number of nitrogens with zero attached hydrogens (tertiary/aromatic N) is 1. The zero-order valence-corrected chi connectivity index (χ0v) is 12.2. The van der Waals surface area contributed by atoms with Crippen LogP contribution in [-0.4, -0.2) is 18.6 Å². The first-order chi connectivity index (χ1) is 9.21. The normalized spacial score (nSPS) is 10.5. The lowest BCUT2D eigenvalue weighted by atomic mass is 10.1. The summed E-state index contributed by atoms with van der Waals surface area (Å²) in [6.07, 6.45) is 4.09. The van der Waals surface area contributed by atoms with Crippen molar-refractivity contribution >= 4 is 5.91 Å². The maximum absolute atomic E-state index is 12.1. The summed E-state index contributed by atoms with van der Waals surface area (Å²) in [6.45, 7) is 6.82. The van der Waals surface area contributed by atoms with E-state index in [4.69, 9.17) is 4.74 Å². The maximum Gasteiger partial charge on any atom is 0.272 e. The lowest BCUT2D eigenvalue weighted by molar-refractivity contribution is 0.0926. The van der Waals surface area contributed by atoms with Gasteiger partial charge in [0.2, 0.25) is 0 Å². The zero-order valence-electron chi connectivity index (χ0n) is 12.2. The standard InChI is InChI=1S/C16H24NO2/c1-4-7-14(8-5-2)17-16(18)13-9-11-15(12-10-13)19-6-3/h9-12,14H,4-8H2,1-3H3. The van der Waals surface area contributed by atoms with Crippen molar-refractivity contribution in [3.8, 4) is 5.75 Å². The average Bonchev–Trinajstić information content (AvgIpc) is 2.40. The number of ether oxygens (including phenoxy) is 1. The van der Waals surface area contributed by atoms with Gasteiger partial charge in [0.05, 0.1) is 12.6 Å². The van der Waals surface area contributed by atoms with E-state index in [-0.39, 0.29) is 11.9 Å². The van der Waals surface area contributed by atoms with Crippen LogP contribution in [0.25, 0.3) is 0 Å². The average molecular weight is 262 g/mol. The third-order valence-corrected chi connectivity index (χ3v) is 2.96. The number of carbonyl (C=O) groups excluding carboxylic acids is 1. The molecule has 1 aromatic carbocycles. The number of hydrogen-bond donors (Lipinski definition) is 0. The minimum absolute atomic E-state index is 0.116. The Kier molecular flexibility index (Phi) is 7.01. The number of rotatable bonds is 8. The molecule has 3 nitrogen and oxygen atoms in total. The fraction of sp³-hybridized carbons (Fsp3) is 0.562. The van der Waals surface area contributed by atoms with Crippen molar-refractivity contribution in [3.63, 3.8) is 0 Å². The Labute approximate surface area is 116 Å². The van der Waals surface area contributed by atoms with Crippen molar-refractivity contribution in [1.82, 2.24) is 5.32 Å². The van der Waals surface area contributed by atoms with Gasteiger partial charge in [-0.1, -0.05) is 26.7 Å². The molecule has 105 valence electrons. The highest BCUT2D eigenvalue weighted by Crippen LogP contribution is 2.13. The second kappa shape index (κ2) is 8.57. The number of carbonyl (C=O) groups is 1. The van der Waals surface area contributed by atoms with E-state index < -0.39 is 0 Å². The topological polar surface area (TPSA) is 40.4 Å². The summed E-state index contributed by atoms with van der Waals surface area (Å²) in [7, 11) is 0. The van der Waals surface area contributed by atoms with E-state index in [2.05, 4.69) is 19.2 Å². The molecule has 0 saturated heterocycles. The van der Waals surface area contributed by atoms with Crippen LogP contribution in [0, 0.1) is 0 Å². The Hall–Kier alpha value is -1.51. The first-order valence-electron chi connectivity index (χ1n) is 7.19. The van der Waals surface area contributed by atoms with Gasteiger partial charge in [-0.25, -0.2) is 5.32 Å². The second-order valence-electron chi connectivity index (χ2n) is 4.62. The highest BCUT2D eigenvalue weighted by Gasteiger charge is 2.14. The van der Waals surface area contributed by atoms with Crippen molar-refractivity contribution in [1.29, 1.82) is 0 Å². The monoisotopic (exact) mass is 262 g/mol. The van der Waals surface area contributed by atoms with Gasteiger partial charge in [0.1, 0.15) is 5.75 Å². The van der Waals surface area contributed by atoms with Crippen LogP contribution in [-0.2, 0) is 0 Å². The van der Waals surface area contributed by atoms with E-state index in [1.54, 1.807) is 12.1 Å². The molecular weight excluding hydrogens is 238 g/mol. The molecule has 1 radical (unpaired) electrons. The molecule has 0 N–H and O–H groups in total. The molecule has 0 aromatic heterocycles. The molecule has 3 heteroatoms. The van der Waals surface area contributed by atoms with Gasteiger partial charge in [0.15, 0.2) is 0 Å². The molecule has 0 saturated carbocycles. The molecule has 0 aliphatic heterocycles. The quantitative estimate of drug-likeness (QED) is 0.715. The second-order valence-corrected chi connectivity index (χ2v) is 4.62. The number of benzene rings is 1. The summed E-state index contributed by atoms with van der Waals surface area (Å²) < 4.78 is 5.36. The predicted molar refractivity (Wildman–Crippen MR) is 77.7 cm³/mol. The van der Waals surface area contributed by atoms with Gasteiger partial charge in [-0.05, 0) is 44.0 Å². The van der Waals surface area contributed by atoms with Crippen LogP contribution >= 0.6 is 0 Å². The van der Waals surface area contributed by atoms with Crippen LogP contribution in [0.2, 0.25) is 0 Å². The summed E-state index contributed by atoms with van der Waals surface area (Å²) in [6, 6.07) is 7.37. The van der Waals surface area contributed by atoms with Crippen LogP contribution in [0.4, 0.5) is 0 Å². The Bertz CT molecular complexity index is 367. The van der Waals surface area contributed by atoms with Gasteiger partial charge in [-0.2, -0.15) is 0 Å². The van der Waals surface area contributed by atoms with Gasteiger partial charge in [-0.15, -0.1) is 0 Å². The first kappa shape index (κ1) is 15.5. The van der Waals surface area contributed by atoms with E-state index in [0.29, 0.717) is 12.2 Å². The van der Waals surface area contributed by atoms with Crippen molar-refractivity contribution in [3.05, 3.63) is 29.8 Å². The Balaban J connectivity index is 2.60. The minimum atomic E-state index is -0.116. The lowest BCUT2D eigenvalue weighted by Gasteiger charge is -2.14. The first-order valence-corrected chi connectivity index (χ1v) is 7.19. The Morgan fingerprint density at radius 3 is 2.16 bits per heavy atom. The summed E-state index contributed by atoms with van der Waals surface area (Å²) >= 11 is 0. The van der Waals surface area contributed by atoms with Crippen LogP contribution in [0.1, 0.15) is 56.8 Å². The van der Waals surface area contributed by atoms with Gasteiger partial charge < -0.3 is 4.74 Å². The molecular formula is C16H24NO2. The highest BCUT2D eigenvalue weighted by atomic mass is 16.5. The number of amides is 1. The van der Waals surface area contributed by atoms with Crippen LogP contribution < -0.4 is 10.1 Å². The van der Waals surface area contributed by atoms with E-state index in [9.17, 15) is 4.79 Å². The van der Waals surface area contributed by atoms with Gasteiger partial charge in [0.25, 0.3) is 5.91 Å². The maximum atomic E-state index is 12.1. The SMILES string of the molecule is CCCC(CCC)[N]C(=O)c1ccc(OCC)cc1. The summed E-state index contributed by atoms with van der Waals surface area (Å²) in [5.41, 5.74) is 0.639. The molecule has 0 heterocycles. The van der Waals surface area contributed by atoms with E-state index in [1.165, 1.54) is 0 Å². The van der Waals surface area contributed by atoms with E-state index in [0.717, 1.165) is 31.4 Å². The van der Waals surface area contributed by atoms with Crippen LogP contribution in [0.15, 0.2) is 24.3 Å². The number of hydrogen-bond acceptors (Lipinski definition) is 2. The largest absolute Gasteiger partial charge is 0.494 e. The highest BCUT2D eigenvalue weighted by molar-refractivity contribution is 5.94. The molecule has 0 bridgehead atoms. The van der Waals surface area contributed by atoms with Crippen molar-refractivity contribution in [2.75, 3.05) is 6.61 Å². The summed E-state index contributed by atoms with van der Waals surface area (Å²) in [5.74, 6) is 0.674. The fourth-order valence-electron chi connectivity index (χ4n) is 2.04. The van der Waals surface area contributed by atoms with Crippen molar-refractivity contribution < 1.29 is 9.53 Å². The van der Waals surface area contributed by atoms with E-state index in [1.807, 2.05) is 19.1 Å². The molecule has 0 fully saturated rings. The smallest absolute Gasteiger partial charge is 0.272 e. The lowest BCUT2D eigenvalue weighted by Crippen LogP contribution is -2.27. The summed E-state index contributed by atoms with van der Waals surface area (Å²) in [4.78, 5) is 12.1. The summed E-state index contributed by atoms with van der Waals surface area (Å²) in [5, 5.41) is 4.32. The molecule has 0 aliphatic carbocycles. The molecule has 1 rings (SSSR count). The minimum Gasteiger partial charge on any atom is -0.494 e. The van der Waals surface area contributed by atoms with Gasteiger partial charge in [0, 0.05) is 5.56 Å². The Morgan fingerprint density at radius 2 is 1.68 bits per heavy atom. The predicted octanol–water partition coefficient (Wildman–Crippen LogP) is 3.80. The molecule has 19 heavy (non-hydrogen) atoms. The molecule has 0 aliphatic rings. The van der Waals surface area contributed by atoms with Crippen molar-refractivity contribution in [2.45, 2.75) is 52.5 Å². The van der Waals surface area contributed by atoms with Crippen LogP contribution in [0.3, 0.4) is 0 Å². The fourth-order valence-corrected chi connectivity index (χ4v) is 2.04.